The Morgan fingerprint density at radius 3 is 2.63 bits per heavy atom. The summed E-state index contributed by atoms with van der Waals surface area (Å²) in [6.45, 7) is 3.29. The lowest BCUT2D eigenvalue weighted by atomic mass is 10.2. The molecule has 0 spiro atoms. The molecular weight excluding hydrogens is 351 g/mol. The van der Waals surface area contributed by atoms with E-state index in [-0.39, 0.29) is 5.91 Å². The Morgan fingerprint density at radius 2 is 2.00 bits per heavy atom. The third-order valence-electron chi connectivity index (χ3n) is 2.86. The molecule has 4 heteroatoms. The van der Waals surface area contributed by atoms with E-state index in [1.165, 1.54) is 0 Å². The normalized spacial score (nSPS) is 10.2. The average molecular weight is 366 g/mol. The van der Waals surface area contributed by atoms with Gasteiger partial charge in [0.2, 0.25) is 0 Å². The third-order valence-corrected chi connectivity index (χ3v) is 3.53. The van der Waals surface area contributed by atoms with Crippen LogP contribution in [-0.4, -0.2) is 22.3 Å². The second-order valence-electron chi connectivity index (χ2n) is 4.19. The summed E-state index contributed by atoms with van der Waals surface area (Å²) in [6, 6.07) is 11.5. The zero-order valence-electron chi connectivity index (χ0n) is 10.7. The van der Waals surface area contributed by atoms with Crippen LogP contribution in [0.1, 0.15) is 22.8 Å². The standard InChI is InChI=1S/C15H15IN2O/c1-2-18(11-12-6-8-17-9-7-12)15(19)13-4-3-5-14(16)10-13/h3-10H,2,11H2,1H3. The van der Waals surface area contributed by atoms with Gasteiger partial charge in [0.15, 0.2) is 0 Å². The van der Waals surface area contributed by atoms with E-state index in [0.29, 0.717) is 13.1 Å². The van der Waals surface area contributed by atoms with Crippen LogP contribution >= 0.6 is 22.6 Å². The molecule has 0 fully saturated rings. The second kappa shape index (κ2) is 6.65. The van der Waals surface area contributed by atoms with Crippen LogP contribution in [0.2, 0.25) is 0 Å². The van der Waals surface area contributed by atoms with Crippen LogP contribution in [0.5, 0.6) is 0 Å². The van der Waals surface area contributed by atoms with Crippen molar-refractivity contribution in [2.45, 2.75) is 13.5 Å². The summed E-state index contributed by atoms with van der Waals surface area (Å²) >= 11 is 2.22. The van der Waals surface area contributed by atoms with E-state index in [9.17, 15) is 4.79 Å². The predicted molar refractivity (Wildman–Crippen MR) is 83.8 cm³/mol. The van der Waals surface area contributed by atoms with Gasteiger partial charge in [0.1, 0.15) is 0 Å². The molecule has 0 unspecified atom stereocenters. The minimum Gasteiger partial charge on any atom is -0.335 e. The van der Waals surface area contributed by atoms with Gasteiger partial charge in [0.25, 0.3) is 5.91 Å². The Labute approximate surface area is 126 Å². The maximum Gasteiger partial charge on any atom is 0.254 e. The number of pyridine rings is 1. The summed E-state index contributed by atoms with van der Waals surface area (Å²) in [5.74, 6) is 0.0674. The lowest BCUT2D eigenvalue weighted by molar-refractivity contribution is 0.0752. The number of hydrogen-bond donors (Lipinski definition) is 0. The maximum atomic E-state index is 12.4. The quantitative estimate of drug-likeness (QED) is 0.778. The van der Waals surface area contributed by atoms with Crippen LogP contribution in [0.15, 0.2) is 48.8 Å². The maximum absolute atomic E-state index is 12.4. The largest absolute Gasteiger partial charge is 0.335 e. The van der Waals surface area contributed by atoms with Crippen molar-refractivity contribution in [3.05, 3.63) is 63.5 Å². The fourth-order valence-corrected chi connectivity index (χ4v) is 2.38. The molecule has 0 aliphatic rings. The Bertz CT molecular complexity index is 557. The molecule has 0 radical (unpaired) electrons. The molecule has 0 aliphatic heterocycles. The zero-order chi connectivity index (χ0) is 13.7. The number of hydrogen-bond acceptors (Lipinski definition) is 2. The highest BCUT2D eigenvalue weighted by atomic mass is 127. The molecule has 0 atom stereocenters. The molecule has 0 saturated carbocycles. The second-order valence-corrected chi connectivity index (χ2v) is 5.43. The summed E-state index contributed by atoms with van der Waals surface area (Å²) in [5.41, 5.74) is 1.83. The molecule has 0 saturated heterocycles. The van der Waals surface area contributed by atoms with E-state index >= 15 is 0 Å². The van der Waals surface area contributed by atoms with Gasteiger partial charge in [-0.15, -0.1) is 0 Å². The molecule has 1 aromatic carbocycles. The fourth-order valence-electron chi connectivity index (χ4n) is 1.84. The summed E-state index contributed by atoms with van der Waals surface area (Å²) in [6.07, 6.45) is 3.50. The van der Waals surface area contributed by atoms with E-state index in [4.69, 9.17) is 0 Å². The number of nitrogens with zero attached hydrogens (tertiary/aromatic N) is 2. The minimum atomic E-state index is 0.0674. The van der Waals surface area contributed by atoms with Crippen molar-refractivity contribution in [1.29, 1.82) is 0 Å². The number of carbonyl (C=O) groups excluding carboxylic acids is 1. The van der Waals surface area contributed by atoms with Crippen molar-refractivity contribution in [3.8, 4) is 0 Å². The Morgan fingerprint density at radius 1 is 1.26 bits per heavy atom. The van der Waals surface area contributed by atoms with Crippen LogP contribution in [0.3, 0.4) is 0 Å². The zero-order valence-corrected chi connectivity index (χ0v) is 12.9. The number of aromatic nitrogens is 1. The number of rotatable bonds is 4. The molecule has 98 valence electrons. The fraction of sp³-hybridized carbons (Fsp3) is 0.200. The van der Waals surface area contributed by atoms with Crippen molar-refractivity contribution >= 4 is 28.5 Å². The van der Waals surface area contributed by atoms with E-state index in [2.05, 4.69) is 27.6 Å². The van der Waals surface area contributed by atoms with Crippen LogP contribution in [-0.2, 0) is 6.54 Å². The average Bonchev–Trinajstić information content (AvgIpc) is 2.45. The topological polar surface area (TPSA) is 33.2 Å². The first-order chi connectivity index (χ1) is 9.20. The van der Waals surface area contributed by atoms with E-state index in [1.807, 2.05) is 48.2 Å². The molecule has 0 N–H and O–H groups in total. The highest BCUT2D eigenvalue weighted by Gasteiger charge is 2.14. The van der Waals surface area contributed by atoms with Crippen LogP contribution in [0, 0.1) is 3.57 Å². The van der Waals surface area contributed by atoms with Crippen molar-refractivity contribution in [3.63, 3.8) is 0 Å². The minimum absolute atomic E-state index is 0.0674. The van der Waals surface area contributed by atoms with Gasteiger partial charge >= 0.3 is 0 Å². The first-order valence-electron chi connectivity index (χ1n) is 6.14. The summed E-state index contributed by atoms with van der Waals surface area (Å²) in [7, 11) is 0. The van der Waals surface area contributed by atoms with Gasteiger partial charge < -0.3 is 4.90 Å². The van der Waals surface area contributed by atoms with Gasteiger partial charge in [0.05, 0.1) is 0 Å². The Balaban J connectivity index is 2.16. The summed E-state index contributed by atoms with van der Waals surface area (Å²) < 4.78 is 1.07. The molecule has 1 heterocycles. The number of amides is 1. The van der Waals surface area contributed by atoms with Crippen LogP contribution in [0.25, 0.3) is 0 Å². The molecule has 1 aromatic heterocycles. The van der Waals surface area contributed by atoms with Crippen molar-refractivity contribution in [1.82, 2.24) is 9.88 Å². The number of halogens is 1. The van der Waals surface area contributed by atoms with Crippen LogP contribution in [0.4, 0.5) is 0 Å². The van der Waals surface area contributed by atoms with E-state index in [1.54, 1.807) is 12.4 Å². The molecule has 1 amide bonds. The van der Waals surface area contributed by atoms with Gasteiger partial charge in [-0.05, 0) is 65.4 Å². The molecular formula is C15H15IN2O. The number of benzene rings is 1. The van der Waals surface area contributed by atoms with Crippen molar-refractivity contribution in [2.24, 2.45) is 0 Å². The van der Waals surface area contributed by atoms with E-state index in [0.717, 1.165) is 14.7 Å². The van der Waals surface area contributed by atoms with Crippen molar-refractivity contribution in [2.75, 3.05) is 6.54 Å². The smallest absolute Gasteiger partial charge is 0.254 e. The summed E-state index contributed by atoms with van der Waals surface area (Å²) in [5, 5.41) is 0. The van der Waals surface area contributed by atoms with Gasteiger partial charge in [-0.25, -0.2) is 0 Å². The lowest BCUT2D eigenvalue weighted by Gasteiger charge is -2.21. The highest BCUT2D eigenvalue weighted by molar-refractivity contribution is 14.1. The number of carbonyl (C=O) groups is 1. The SMILES string of the molecule is CCN(Cc1ccncc1)C(=O)c1cccc(I)c1. The molecule has 2 rings (SSSR count). The molecule has 19 heavy (non-hydrogen) atoms. The van der Waals surface area contributed by atoms with Crippen molar-refractivity contribution < 1.29 is 4.79 Å². The monoisotopic (exact) mass is 366 g/mol. The molecule has 0 bridgehead atoms. The Hall–Kier alpha value is -1.43. The van der Waals surface area contributed by atoms with E-state index < -0.39 is 0 Å². The molecule has 2 aromatic rings. The molecule has 0 aliphatic carbocycles. The molecule has 3 nitrogen and oxygen atoms in total. The Kier molecular flexibility index (Phi) is 4.90. The van der Waals surface area contributed by atoms with Crippen LogP contribution < -0.4 is 0 Å². The predicted octanol–water partition coefficient (Wildman–Crippen LogP) is 3.35. The first kappa shape index (κ1) is 14.0. The first-order valence-corrected chi connectivity index (χ1v) is 7.22. The van der Waals surface area contributed by atoms with Gasteiger partial charge in [-0.3, -0.25) is 9.78 Å². The van der Waals surface area contributed by atoms with Gasteiger partial charge in [-0.1, -0.05) is 6.07 Å². The van der Waals surface area contributed by atoms with Gasteiger partial charge in [0, 0.05) is 34.6 Å². The summed E-state index contributed by atoms with van der Waals surface area (Å²) in [4.78, 5) is 18.3. The third kappa shape index (κ3) is 3.76. The van der Waals surface area contributed by atoms with Gasteiger partial charge in [-0.2, -0.15) is 0 Å². The lowest BCUT2D eigenvalue weighted by Crippen LogP contribution is -2.30. The highest BCUT2D eigenvalue weighted by Crippen LogP contribution is 2.12.